The van der Waals surface area contributed by atoms with E-state index < -0.39 is 0 Å². The highest BCUT2D eigenvalue weighted by atomic mass is 16.5. The number of hydrogen-bond acceptors (Lipinski definition) is 5. The molecule has 0 spiro atoms. The fourth-order valence-electron chi connectivity index (χ4n) is 1.62. The Morgan fingerprint density at radius 3 is 2.25 bits per heavy atom. The zero-order chi connectivity index (χ0) is 12.0. The van der Waals surface area contributed by atoms with Gasteiger partial charge in [0, 0.05) is 33.3 Å². The van der Waals surface area contributed by atoms with Crippen LogP contribution >= 0.6 is 0 Å². The molecule has 1 saturated heterocycles. The molecule has 0 unspecified atom stereocenters. The maximum Gasteiger partial charge on any atom is 0.319 e. The summed E-state index contributed by atoms with van der Waals surface area (Å²) in [5.74, 6) is -0.239. The predicted molar refractivity (Wildman–Crippen MR) is 56.9 cm³/mol. The van der Waals surface area contributed by atoms with E-state index >= 15 is 0 Å². The van der Waals surface area contributed by atoms with Gasteiger partial charge >= 0.3 is 5.97 Å². The molecule has 0 aliphatic carbocycles. The summed E-state index contributed by atoms with van der Waals surface area (Å²) in [5, 5.41) is 0. The summed E-state index contributed by atoms with van der Waals surface area (Å²) < 4.78 is 9.37. The minimum absolute atomic E-state index is 0.000202. The van der Waals surface area contributed by atoms with Crippen molar-refractivity contribution >= 4 is 11.9 Å². The van der Waals surface area contributed by atoms with E-state index in [-0.39, 0.29) is 18.5 Å². The van der Waals surface area contributed by atoms with Gasteiger partial charge in [0.1, 0.15) is 6.61 Å². The third-order valence-corrected chi connectivity index (χ3v) is 2.57. The van der Waals surface area contributed by atoms with Crippen LogP contribution in [0.1, 0.15) is 0 Å². The van der Waals surface area contributed by atoms with Gasteiger partial charge < -0.3 is 14.4 Å². The summed E-state index contributed by atoms with van der Waals surface area (Å²) >= 11 is 0. The number of piperazine rings is 1. The number of ether oxygens (including phenoxy) is 2. The Bertz CT molecular complexity index is 249. The Kier molecular flexibility index (Phi) is 5.21. The van der Waals surface area contributed by atoms with Gasteiger partial charge in [-0.1, -0.05) is 0 Å². The highest BCUT2D eigenvalue weighted by molar-refractivity contribution is 5.77. The molecule has 16 heavy (non-hydrogen) atoms. The second kappa shape index (κ2) is 6.44. The maximum absolute atomic E-state index is 11.5. The molecule has 1 rings (SSSR count). The van der Waals surface area contributed by atoms with Crippen molar-refractivity contribution in [1.29, 1.82) is 0 Å². The number of hydrogen-bond donors (Lipinski definition) is 0. The number of carbonyl (C=O) groups is 2. The largest absolute Gasteiger partial charge is 0.468 e. The molecule has 0 N–H and O–H groups in total. The predicted octanol–water partition coefficient (Wildman–Crippen LogP) is -1.05. The van der Waals surface area contributed by atoms with Gasteiger partial charge in [0.05, 0.1) is 13.7 Å². The quantitative estimate of drug-likeness (QED) is 0.577. The second-order valence-electron chi connectivity index (χ2n) is 3.67. The van der Waals surface area contributed by atoms with Gasteiger partial charge in [0.25, 0.3) is 0 Å². The first-order valence-corrected chi connectivity index (χ1v) is 5.23. The Labute approximate surface area is 95.1 Å². The molecule has 0 atom stereocenters. The van der Waals surface area contributed by atoms with Gasteiger partial charge in [-0.3, -0.25) is 14.5 Å². The molecule has 0 saturated carbocycles. The third-order valence-electron chi connectivity index (χ3n) is 2.57. The molecule has 1 aliphatic rings. The molecule has 0 radical (unpaired) electrons. The minimum Gasteiger partial charge on any atom is -0.468 e. The summed E-state index contributed by atoms with van der Waals surface area (Å²) in [6.45, 7) is 3.09. The van der Waals surface area contributed by atoms with Gasteiger partial charge in [-0.15, -0.1) is 0 Å². The SMILES string of the molecule is COCC(=O)N1CCN(CC(=O)OC)CC1. The molecular formula is C10H18N2O4. The van der Waals surface area contributed by atoms with Crippen LogP contribution < -0.4 is 0 Å². The smallest absolute Gasteiger partial charge is 0.319 e. The number of methoxy groups -OCH3 is 2. The van der Waals surface area contributed by atoms with Gasteiger partial charge in [-0.25, -0.2) is 0 Å². The highest BCUT2D eigenvalue weighted by Gasteiger charge is 2.22. The number of nitrogens with zero attached hydrogens (tertiary/aromatic N) is 2. The standard InChI is InChI=1S/C10H18N2O4/c1-15-8-9(13)12-5-3-11(4-6-12)7-10(14)16-2/h3-8H2,1-2H3. The first kappa shape index (κ1) is 12.9. The fourth-order valence-corrected chi connectivity index (χ4v) is 1.62. The van der Waals surface area contributed by atoms with Crippen molar-refractivity contribution in [2.45, 2.75) is 0 Å². The van der Waals surface area contributed by atoms with Crippen LogP contribution in [-0.4, -0.2) is 75.2 Å². The Morgan fingerprint density at radius 2 is 1.75 bits per heavy atom. The molecule has 92 valence electrons. The van der Waals surface area contributed by atoms with Crippen LogP contribution in [0.15, 0.2) is 0 Å². The van der Waals surface area contributed by atoms with E-state index in [9.17, 15) is 9.59 Å². The highest BCUT2D eigenvalue weighted by Crippen LogP contribution is 2.02. The summed E-state index contributed by atoms with van der Waals surface area (Å²) in [6.07, 6.45) is 0. The second-order valence-corrected chi connectivity index (χ2v) is 3.67. The van der Waals surface area contributed by atoms with Gasteiger partial charge in [0.2, 0.25) is 5.91 Å². The lowest BCUT2D eigenvalue weighted by Gasteiger charge is -2.33. The number of amides is 1. The van der Waals surface area contributed by atoms with Crippen LogP contribution in [-0.2, 0) is 19.1 Å². The minimum atomic E-state index is -0.239. The molecule has 1 amide bonds. The van der Waals surface area contributed by atoms with Crippen LogP contribution in [0.4, 0.5) is 0 Å². The van der Waals surface area contributed by atoms with E-state index in [1.54, 1.807) is 4.90 Å². The molecule has 1 aliphatic heterocycles. The van der Waals surface area contributed by atoms with Crippen molar-refractivity contribution in [2.75, 3.05) is 53.6 Å². The zero-order valence-corrected chi connectivity index (χ0v) is 9.77. The first-order valence-electron chi connectivity index (χ1n) is 5.23. The lowest BCUT2D eigenvalue weighted by Crippen LogP contribution is -2.50. The van der Waals surface area contributed by atoms with E-state index in [0.717, 1.165) is 0 Å². The van der Waals surface area contributed by atoms with Crippen molar-refractivity contribution in [2.24, 2.45) is 0 Å². The zero-order valence-electron chi connectivity index (χ0n) is 9.77. The average molecular weight is 230 g/mol. The molecule has 0 bridgehead atoms. The topological polar surface area (TPSA) is 59.1 Å². The lowest BCUT2D eigenvalue weighted by atomic mass is 10.3. The van der Waals surface area contributed by atoms with Crippen molar-refractivity contribution in [3.63, 3.8) is 0 Å². The molecule has 6 heteroatoms. The van der Waals surface area contributed by atoms with Crippen molar-refractivity contribution in [3.05, 3.63) is 0 Å². The Morgan fingerprint density at radius 1 is 1.12 bits per heavy atom. The summed E-state index contributed by atoms with van der Waals surface area (Å²) in [5.41, 5.74) is 0. The van der Waals surface area contributed by atoms with Gasteiger partial charge in [0.15, 0.2) is 0 Å². The van der Waals surface area contributed by atoms with Crippen LogP contribution in [0, 0.1) is 0 Å². The average Bonchev–Trinajstić information content (AvgIpc) is 2.30. The maximum atomic E-state index is 11.5. The van der Waals surface area contributed by atoms with Gasteiger partial charge in [-0.2, -0.15) is 0 Å². The van der Waals surface area contributed by atoms with Crippen molar-refractivity contribution < 1.29 is 19.1 Å². The lowest BCUT2D eigenvalue weighted by molar-refractivity contribution is -0.143. The van der Waals surface area contributed by atoms with Crippen LogP contribution in [0.3, 0.4) is 0 Å². The Balaban J connectivity index is 2.28. The number of esters is 1. The molecule has 6 nitrogen and oxygen atoms in total. The van der Waals surface area contributed by atoms with Crippen LogP contribution in [0.2, 0.25) is 0 Å². The first-order chi connectivity index (χ1) is 7.67. The monoisotopic (exact) mass is 230 g/mol. The molecule has 0 aromatic heterocycles. The van der Waals surface area contributed by atoms with E-state index in [2.05, 4.69) is 4.74 Å². The molecule has 0 aromatic carbocycles. The normalized spacial score (nSPS) is 17.2. The Hall–Kier alpha value is -1.14. The van der Waals surface area contributed by atoms with E-state index in [4.69, 9.17) is 4.74 Å². The molecule has 1 fully saturated rings. The van der Waals surface area contributed by atoms with Crippen LogP contribution in [0.25, 0.3) is 0 Å². The van der Waals surface area contributed by atoms with E-state index in [1.807, 2.05) is 4.90 Å². The van der Waals surface area contributed by atoms with Crippen molar-refractivity contribution in [3.8, 4) is 0 Å². The molecule has 1 heterocycles. The summed E-state index contributed by atoms with van der Waals surface area (Å²) in [4.78, 5) is 26.2. The molecule has 0 aromatic rings. The number of carbonyl (C=O) groups excluding carboxylic acids is 2. The molecular weight excluding hydrogens is 212 g/mol. The van der Waals surface area contributed by atoms with E-state index in [0.29, 0.717) is 32.7 Å². The van der Waals surface area contributed by atoms with Crippen LogP contribution in [0.5, 0.6) is 0 Å². The third kappa shape index (κ3) is 3.79. The summed E-state index contributed by atoms with van der Waals surface area (Å²) in [6, 6.07) is 0. The summed E-state index contributed by atoms with van der Waals surface area (Å²) in [7, 11) is 2.88. The van der Waals surface area contributed by atoms with E-state index in [1.165, 1.54) is 14.2 Å². The number of rotatable bonds is 4. The fraction of sp³-hybridized carbons (Fsp3) is 0.800. The van der Waals surface area contributed by atoms with Crippen molar-refractivity contribution in [1.82, 2.24) is 9.80 Å². The van der Waals surface area contributed by atoms with Gasteiger partial charge in [-0.05, 0) is 0 Å².